The minimum atomic E-state index is -4.52. The third-order valence-electron chi connectivity index (χ3n) is 6.66. The van der Waals surface area contributed by atoms with Crippen LogP contribution in [0.2, 0.25) is 10.0 Å². The minimum Gasteiger partial charge on any atom is -0.465 e. The maximum Gasteiger partial charge on any atom is 0.417 e. The van der Waals surface area contributed by atoms with Crippen LogP contribution in [-0.2, 0) is 17.4 Å². The second kappa shape index (κ2) is 9.66. The van der Waals surface area contributed by atoms with Gasteiger partial charge in [-0.3, -0.25) is 4.79 Å². The van der Waals surface area contributed by atoms with Crippen molar-refractivity contribution in [3.05, 3.63) is 57.6 Å². The zero-order chi connectivity index (χ0) is 24.6. The Morgan fingerprint density at radius 2 is 1.65 bits per heavy atom. The van der Waals surface area contributed by atoms with E-state index in [0.717, 1.165) is 6.07 Å². The Bertz CT molecular complexity index is 1080. The standard InChI is InChI=1S/C24H23Cl2F3N2O3/c25-20-12-15(17-3-1-2-4-19(17)24(27,28)29)13-21(26)18(20)11-14-5-10-31(22(14)32)16-6-8-30(9-7-16)23(33)34/h1-4,12-14,16H,5-11H2,(H,33,34). The second-order valence-corrected chi connectivity index (χ2v) is 9.50. The van der Waals surface area contributed by atoms with Crippen LogP contribution < -0.4 is 0 Å². The van der Waals surface area contributed by atoms with Gasteiger partial charge in [0.1, 0.15) is 0 Å². The van der Waals surface area contributed by atoms with Crippen molar-refractivity contribution in [2.24, 2.45) is 5.92 Å². The minimum absolute atomic E-state index is 0.000269. The zero-order valence-electron chi connectivity index (χ0n) is 18.1. The second-order valence-electron chi connectivity index (χ2n) is 8.68. The van der Waals surface area contributed by atoms with Crippen LogP contribution in [-0.4, -0.2) is 52.6 Å². The van der Waals surface area contributed by atoms with Gasteiger partial charge in [-0.1, -0.05) is 41.4 Å². The molecule has 0 saturated carbocycles. The van der Waals surface area contributed by atoms with Gasteiger partial charge in [0.25, 0.3) is 0 Å². The molecule has 2 amide bonds. The van der Waals surface area contributed by atoms with E-state index in [2.05, 4.69) is 0 Å². The van der Waals surface area contributed by atoms with Crippen LogP contribution in [0.15, 0.2) is 36.4 Å². The molecular formula is C24H23Cl2F3N2O3. The van der Waals surface area contributed by atoms with Crippen LogP contribution in [0.3, 0.4) is 0 Å². The summed E-state index contributed by atoms with van der Waals surface area (Å²) in [5, 5.41) is 9.56. The monoisotopic (exact) mass is 514 g/mol. The number of nitrogens with zero attached hydrogens (tertiary/aromatic N) is 2. The van der Waals surface area contributed by atoms with E-state index in [1.165, 1.54) is 35.2 Å². The van der Waals surface area contributed by atoms with Crippen molar-refractivity contribution in [3.8, 4) is 11.1 Å². The van der Waals surface area contributed by atoms with E-state index in [1.807, 2.05) is 4.90 Å². The molecule has 1 unspecified atom stereocenters. The quantitative estimate of drug-likeness (QED) is 0.527. The van der Waals surface area contributed by atoms with Crippen LogP contribution in [0.5, 0.6) is 0 Å². The highest BCUT2D eigenvalue weighted by atomic mass is 35.5. The molecule has 0 aromatic heterocycles. The highest BCUT2D eigenvalue weighted by Crippen LogP contribution is 2.40. The molecule has 4 rings (SSSR count). The van der Waals surface area contributed by atoms with Crippen molar-refractivity contribution in [1.82, 2.24) is 9.80 Å². The fourth-order valence-corrected chi connectivity index (χ4v) is 5.51. The molecule has 2 aliphatic rings. The number of carboxylic acid groups (broad SMARTS) is 1. The van der Waals surface area contributed by atoms with Gasteiger partial charge < -0.3 is 14.9 Å². The number of amides is 2. The normalized spacial score (nSPS) is 19.7. The lowest BCUT2D eigenvalue weighted by Crippen LogP contribution is -2.47. The Kier molecular flexibility index (Phi) is 7.01. The van der Waals surface area contributed by atoms with Gasteiger partial charge in [-0.25, -0.2) is 4.79 Å². The van der Waals surface area contributed by atoms with Gasteiger partial charge in [0.2, 0.25) is 5.91 Å². The van der Waals surface area contributed by atoms with E-state index in [9.17, 15) is 22.8 Å². The lowest BCUT2D eigenvalue weighted by Gasteiger charge is -2.35. The molecule has 2 aromatic rings. The number of likely N-dealkylation sites (tertiary alicyclic amines) is 2. The van der Waals surface area contributed by atoms with Gasteiger partial charge in [0.05, 0.1) is 5.56 Å². The smallest absolute Gasteiger partial charge is 0.417 e. The summed E-state index contributed by atoms with van der Waals surface area (Å²) in [6, 6.07) is 8.16. The highest BCUT2D eigenvalue weighted by Gasteiger charge is 2.38. The first-order chi connectivity index (χ1) is 16.1. The third-order valence-corrected chi connectivity index (χ3v) is 7.34. The van der Waals surface area contributed by atoms with Crippen molar-refractivity contribution in [3.63, 3.8) is 0 Å². The number of benzene rings is 2. The fourth-order valence-electron chi connectivity index (χ4n) is 4.87. The molecule has 0 spiro atoms. The Labute approximate surface area is 205 Å². The number of hydrogen-bond acceptors (Lipinski definition) is 2. The number of hydrogen-bond donors (Lipinski definition) is 1. The van der Waals surface area contributed by atoms with Gasteiger partial charge in [0, 0.05) is 41.6 Å². The molecule has 34 heavy (non-hydrogen) atoms. The maximum absolute atomic E-state index is 13.4. The topological polar surface area (TPSA) is 60.9 Å². The average Bonchev–Trinajstić information content (AvgIpc) is 3.15. The van der Waals surface area contributed by atoms with Gasteiger partial charge in [0.15, 0.2) is 0 Å². The molecule has 2 fully saturated rings. The number of rotatable bonds is 4. The van der Waals surface area contributed by atoms with Crippen LogP contribution in [0.1, 0.15) is 30.4 Å². The third kappa shape index (κ3) is 4.98. The van der Waals surface area contributed by atoms with Crippen LogP contribution in [0.25, 0.3) is 11.1 Å². The van der Waals surface area contributed by atoms with Crippen molar-refractivity contribution in [2.45, 2.75) is 37.9 Å². The molecule has 182 valence electrons. The number of piperidine rings is 1. The lowest BCUT2D eigenvalue weighted by atomic mass is 9.94. The Morgan fingerprint density at radius 1 is 1.03 bits per heavy atom. The zero-order valence-corrected chi connectivity index (χ0v) is 19.6. The van der Waals surface area contributed by atoms with E-state index < -0.39 is 17.8 Å². The number of carbonyl (C=O) groups excluding carboxylic acids is 1. The average molecular weight is 515 g/mol. The summed E-state index contributed by atoms with van der Waals surface area (Å²) >= 11 is 12.9. The number of halogens is 5. The van der Waals surface area contributed by atoms with Crippen molar-refractivity contribution < 1.29 is 27.9 Å². The van der Waals surface area contributed by atoms with E-state index >= 15 is 0 Å². The van der Waals surface area contributed by atoms with E-state index in [1.54, 1.807) is 0 Å². The summed E-state index contributed by atoms with van der Waals surface area (Å²) < 4.78 is 40.3. The van der Waals surface area contributed by atoms with Crippen molar-refractivity contribution in [1.29, 1.82) is 0 Å². The summed E-state index contributed by atoms with van der Waals surface area (Å²) in [6.45, 7) is 1.37. The van der Waals surface area contributed by atoms with Crippen LogP contribution in [0.4, 0.5) is 18.0 Å². The van der Waals surface area contributed by atoms with Crippen LogP contribution >= 0.6 is 23.2 Å². The summed E-state index contributed by atoms with van der Waals surface area (Å²) in [5.41, 5.74) is 0.0142. The molecule has 1 atom stereocenters. The molecule has 0 radical (unpaired) electrons. The number of alkyl halides is 3. The first kappa shape index (κ1) is 24.7. The SMILES string of the molecule is O=C(O)N1CCC(N2CCC(Cc3c(Cl)cc(-c4ccccc4C(F)(F)F)cc3Cl)C2=O)CC1. The van der Waals surface area contributed by atoms with Gasteiger partial charge in [-0.05, 0) is 60.6 Å². The molecular weight excluding hydrogens is 492 g/mol. The highest BCUT2D eigenvalue weighted by molar-refractivity contribution is 6.36. The van der Waals surface area contributed by atoms with E-state index in [0.29, 0.717) is 50.9 Å². The van der Waals surface area contributed by atoms with Crippen LogP contribution in [0, 0.1) is 5.92 Å². The predicted octanol–water partition coefficient (Wildman–Crippen LogP) is 6.21. The summed E-state index contributed by atoms with van der Waals surface area (Å²) in [7, 11) is 0. The van der Waals surface area contributed by atoms with Gasteiger partial charge in [-0.2, -0.15) is 13.2 Å². The van der Waals surface area contributed by atoms with Crippen molar-refractivity contribution in [2.75, 3.05) is 19.6 Å². The van der Waals surface area contributed by atoms with Gasteiger partial charge in [-0.15, -0.1) is 0 Å². The first-order valence-electron chi connectivity index (χ1n) is 11.0. The summed E-state index contributed by atoms with van der Waals surface area (Å²) in [6.07, 6.45) is -3.37. The Hall–Kier alpha value is -2.45. The molecule has 2 heterocycles. The summed E-state index contributed by atoms with van der Waals surface area (Å²) in [4.78, 5) is 27.4. The largest absolute Gasteiger partial charge is 0.465 e. The lowest BCUT2D eigenvalue weighted by molar-refractivity contribution is -0.137. The fraction of sp³-hybridized carbons (Fsp3) is 0.417. The van der Waals surface area contributed by atoms with Crippen molar-refractivity contribution >= 4 is 35.2 Å². The molecule has 2 aliphatic heterocycles. The van der Waals surface area contributed by atoms with E-state index in [-0.39, 0.29) is 39.0 Å². The number of carbonyl (C=O) groups is 2. The molecule has 0 aliphatic carbocycles. The van der Waals surface area contributed by atoms with Gasteiger partial charge >= 0.3 is 12.3 Å². The maximum atomic E-state index is 13.4. The first-order valence-corrected chi connectivity index (χ1v) is 11.7. The van der Waals surface area contributed by atoms with E-state index in [4.69, 9.17) is 28.3 Å². The Balaban J connectivity index is 1.50. The molecule has 10 heteroatoms. The Morgan fingerprint density at radius 3 is 2.24 bits per heavy atom. The summed E-state index contributed by atoms with van der Waals surface area (Å²) in [5.74, 6) is -0.354. The molecule has 0 bridgehead atoms. The molecule has 5 nitrogen and oxygen atoms in total. The molecule has 2 aromatic carbocycles. The molecule has 2 saturated heterocycles. The molecule has 1 N–H and O–H groups in total. The predicted molar refractivity (Wildman–Crippen MR) is 123 cm³/mol.